The van der Waals surface area contributed by atoms with Gasteiger partial charge in [0.15, 0.2) is 6.10 Å². The molecule has 2 amide bonds. The normalized spacial score (nSPS) is 22.8. The standard InChI is InChI=1S/C15H24N2O5S.C6H14N2O2/c1-2-3-7-12(18)22-10(14(19)20)5-4-6-11-13-9(8-23-11)16-15(21)17-13;7-4-2-1-3-5(8)6(9)10/h9-11,13H,2-8H2,1H3,(H,19,20)(H2,16,17,21);5H,1-4,7-8H2,(H,9,10)/t9-,10?,11-,13-;5-/m00/s1. The fraction of sp³-hybridized carbons (Fsp3) is 0.810. The third-order valence-electron chi connectivity index (χ3n) is 5.46. The van der Waals surface area contributed by atoms with Gasteiger partial charge in [-0.2, -0.15) is 11.8 Å². The average molecular weight is 491 g/mol. The molecule has 0 spiro atoms. The van der Waals surface area contributed by atoms with E-state index in [1.165, 1.54) is 0 Å². The zero-order valence-corrected chi connectivity index (χ0v) is 20.0. The van der Waals surface area contributed by atoms with E-state index in [1.807, 2.05) is 6.92 Å². The van der Waals surface area contributed by atoms with Crippen molar-refractivity contribution in [2.24, 2.45) is 11.5 Å². The number of carboxylic acids is 2. The zero-order valence-electron chi connectivity index (χ0n) is 19.2. The fourth-order valence-corrected chi connectivity index (χ4v) is 5.09. The van der Waals surface area contributed by atoms with E-state index in [0.29, 0.717) is 32.2 Å². The molecule has 2 heterocycles. The summed E-state index contributed by atoms with van der Waals surface area (Å²) >= 11 is 1.79. The van der Waals surface area contributed by atoms with Crippen LogP contribution in [0.25, 0.3) is 0 Å². The van der Waals surface area contributed by atoms with E-state index in [-0.39, 0.29) is 29.8 Å². The molecule has 5 atom stereocenters. The number of carbonyl (C=O) groups is 4. The number of carboxylic acid groups (broad SMARTS) is 2. The van der Waals surface area contributed by atoms with Crippen LogP contribution in [-0.2, 0) is 19.1 Å². The Hall–Kier alpha value is -2.05. The second-order valence-electron chi connectivity index (χ2n) is 8.20. The molecule has 0 aromatic heterocycles. The number of unbranched alkanes of at least 4 members (excludes halogenated alkanes) is 2. The van der Waals surface area contributed by atoms with Crippen LogP contribution in [0.1, 0.15) is 64.7 Å². The van der Waals surface area contributed by atoms with Gasteiger partial charge >= 0.3 is 23.9 Å². The Balaban J connectivity index is 0.000000461. The van der Waals surface area contributed by atoms with Crippen molar-refractivity contribution in [1.29, 1.82) is 0 Å². The summed E-state index contributed by atoms with van der Waals surface area (Å²) in [6.07, 6.45) is 4.69. The summed E-state index contributed by atoms with van der Waals surface area (Å²) in [5, 5.41) is 23.6. The molecule has 0 aromatic rings. The Morgan fingerprint density at radius 1 is 1.12 bits per heavy atom. The van der Waals surface area contributed by atoms with Gasteiger partial charge in [-0.15, -0.1) is 0 Å². The smallest absolute Gasteiger partial charge is 0.345 e. The van der Waals surface area contributed by atoms with Crippen LogP contribution in [0.5, 0.6) is 0 Å². The van der Waals surface area contributed by atoms with Crippen LogP contribution in [0, 0.1) is 0 Å². The summed E-state index contributed by atoms with van der Waals surface area (Å²) in [7, 11) is 0. The van der Waals surface area contributed by atoms with E-state index in [4.69, 9.17) is 21.3 Å². The molecule has 2 fully saturated rings. The van der Waals surface area contributed by atoms with Crippen LogP contribution < -0.4 is 22.1 Å². The van der Waals surface area contributed by atoms with Crippen molar-refractivity contribution in [3.63, 3.8) is 0 Å². The number of aliphatic carboxylic acids is 2. The lowest BCUT2D eigenvalue weighted by atomic mass is 10.0. The summed E-state index contributed by atoms with van der Waals surface area (Å²) in [5.74, 6) is -1.59. The second-order valence-corrected chi connectivity index (χ2v) is 9.47. The van der Waals surface area contributed by atoms with Gasteiger partial charge in [-0.25, -0.2) is 9.59 Å². The Morgan fingerprint density at radius 3 is 2.45 bits per heavy atom. The summed E-state index contributed by atoms with van der Waals surface area (Å²) in [5.41, 5.74) is 10.4. The molecule has 0 radical (unpaired) electrons. The quantitative estimate of drug-likeness (QED) is 0.116. The molecule has 0 bridgehead atoms. The number of nitrogens with two attached hydrogens (primary N) is 2. The van der Waals surface area contributed by atoms with Crippen LogP contribution in [0.15, 0.2) is 0 Å². The summed E-state index contributed by atoms with van der Waals surface area (Å²) < 4.78 is 5.06. The predicted octanol–water partition coefficient (Wildman–Crippen LogP) is 1.04. The largest absolute Gasteiger partial charge is 0.480 e. The fourth-order valence-electron chi connectivity index (χ4n) is 3.55. The van der Waals surface area contributed by atoms with Gasteiger partial charge in [-0.05, 0) is 45.1 Å². The highest BCUT2D eigenvalue weighted by atomic mass is 32.2. The molecule has 0 aromatic carbocycles. The highest BCUT2D eigenvalue weighted by Crippen LogP contribution is 2.33. The van der Waals surface area contributed by atoms with Crippen molar-refractivity contribution in [3.8, 4) is 0 Å². The third kappa shape index (κ3) is 11.1. The van der Waals surface area contributed by atoms with E-state index < -0.39 is 30.1 Å². The molecular formula is C21H38N4O7S. The third-order valence-corrected chi connectivity index (χ3v) is 6.97. The van der Waals surface area contributed by atoms with Crippen LogP contribution in [0.3, 0.4) is 0 Å². The van der Waals surface area contributed by atoms with Gasteiger partial charge in [0, 0.05) is 17.4 Å². The molecule has 190 valence electrons. The van der Waals surface area contributed by atoms with Crippen molar-refractivity contribution in [2.45, 2.75) is 94.2 Å². The Bertz CT molecular complexity index is 652. The Kier molecular flexibility index (Phi) is 13.8. The summed E-state index contributed by atoms with van der Waals surface area (Å²) in [4.78, 5) is 44.2. The molecule has 1 unspecified atom stereocenters. The van der Waals surface area contributed by atoms with Crippen molar-refractivity contribution >= 4 is 35.7 Å². The van der Waals surface area contributed by atoms with E-state index in [2.05, 4.69) is 10.6 Å². The number of esters is 1. The number of urea groups is 1. The zero-order chi connectivity index (χ0) is 24.8. The average Bonchev–Trinajstić information content (AvgIpc) is 3.31. The summed E-state index contributed by atoms with van der Waals surface area (Å²) in [6.45, 7) is 2.57. The number of rotatable bonds is 14. The minimum absolute atomic E-state index is 0.114. The monoisotopic (exact) mass is 490 g/mol. The number of hydrogen-bond acceptors (Lipinski definition) is 8. The lowest BCUT2D eigenvalue weighted by Gasteiger charge is -2.18. The van der Waals surface area contributed by atoms with Gasteiger partial charge in [0.2, 0.25) is 0 Å². The molecule has 8 N–H and O–H groups in total. The van der Waals surface area contributed by atoms with Gasteiger partial charge in [0.25, 0.3) is 0 Å². The molecule has 12 heteroatoms. The second kappa shape index (κ2) is 15.7. The molecular weight excluding hydrogens is 452 g/mol. The highest BCUT2D eigenvalue weighted by molar-refractivity contribution is 8.00. The van der Waals surface area contributed by atoms with Crippen LogP contribution >= 0.6 is 11.8 Å². The minimum atomic E-state index is -1.09. The van der Waals surface area contributed by atoms with Crippen molar-refractivity contribution in [1.82, 2.24) is 10.6 Å². The molecule has 0 saturated carbocycles. The Labute approximate surface area is 198 Å². The minimum Gasteiger partial charge on any atom is -0.480 e. The molecule has 2 saturated heterocycles. The molecule has 11 nitrogen and oxygen atoms in total. The molecule has 33 heavy (non-hydrogen) atoms. The molecule has 2 rings (SSSR count). The van der Waals surface area contributed by atoms with Gasteiger partial charge in [-0.1, -0.05) is 19.8 Å². The van der Waals surface area contributed by atoms with Crippen molar-refractivity contribution < 1.29 is 34.1 Å². The topological polar surface area (TPSA) is 194 Å². The first-order valence-corrected chi connectivity index (χ1v) is 12.5. The number of fused-ring (bicyclic) bond motifs is 1. The number of thioether (sulfide) groups is 1. The van der Waals surface area contributed by atoms with Crippen molar-refractivity contribution in [2.75, 3.05) is 12.3 Å². The van der Waals surface area contributed by atoms with Gasteiger partial charge in [0.1, 0.15) is 6.04 Å². The van der Waals surface area contributed by atoms with Crippen LogP contribution in [0.4, 0.5) is 4.79 Å². The molecule has 2 aliphatic heterocycles. The van der Waals surface area contributed by atoms with E-state index in [1.54, 1.807) is 11.8 Å². The highest BCUT2D eigenvalue weighted by Gasteiger charge is 2.42. The van der Waals surface area contributed by atoms with E-state index in [9.17, 15) is 24.3 Å². The van der Waals surface area contributed by atoms with Crippen LogP contribution in [0.2, 0.25) is 0 Å². The van der Waals surface area contributed by atoms with Crippen molar-refractivity contribution in [3.05, 3.63) is 0 Å². The number of hydrogen-bond donors (Lipinski definition) is 6. The lowest BCUT2D eigenvalue weighted by Crippen LogP contribution is -2.37. The molecule has 0 aliphatic carbocycles. The molecule has 2 aliphatic rings. The lowest BCUT2D eigenvalue weighted by molar-refractivity contribution is -0.164. The SMILES string of the molecule is CCCCC(=O)OC(CCC[C@@H]1SC[C@@H]2NC(=O)N[C@@H]21)C(=O)O.NCCCC[C@H](N)C(=O)O. The van der Waals surface area contributed by atoms with E-state index in [0.717, 1.165) is 31.4 Å². The number of amides is 2. The van der Waals surface area contributed by atoms with Gasteiger partial charge < -0.3 is 37.1 Å². The number of ether oxygens (including phenoxy) is 1. The van der Waals surface area contributed by atoms with E-state index >= 15 is 0 Å². The summed E-state index contributed by atoms with van der Waals surface area (Å²) in [6, 6.07) is -0.562. The van der Waals surface area contributed by atoms with Crippen LogP contribution in [-0.4, -0.2) is 75.9 Å². The number of nitrogens with one attached hydrogen (secondary N) is 2. The Morgan fingerprint density at radius 2 is 1.85 bits per heavy atom. The number of carbonyl (C=O) groups excluding carboxylic acids is 2. The van der Waals surface area contributed by atoms with Gasteiger partial charge in [0.05, 0.1) is 12.1 Å². The maximum Gasteiger partial charge on any atom is 0.345 e. The first kappa shape index (κ1) is 29.0. The first-order valence-electron chi connectivity index (χ1n) is 11.5. The first-order chi connectivity index (χ1) is 15.7. The maximum absolute atomic E-state index is 11.6. The maximum atomic E-state index is 11.6. The van der Waals surface area contributed by atoms with Gasteiger partial charge in [-0.3, -0.25) is 9.59 Å². The predicted molar refractivity (Wildman–Crippen MR) is 125 cm³/mol.